The van der Waals surface area contributed by atoms with Crippen molar-refractivity contribution in [2.75, 3.05) is 6.54 Å². The van der Waals surface area contributed by atoms with Crippen molar-refractivity contribution >= 4 is 16.7 Å². The van der Waals surface area contributed by atoms with Gasteiger partial charge in [0.2, 0.25) is 0 Å². The van der Waals surface area contributed by atoms with Crippen LogP contribution in [0.2, 0.25) is 0 Å². The third-order valence-corrected chi connectivity index (χ3v) is 6.22. The van der Waals surface area contributed by atoms with Crippen LogP contribution in [0.15, 0.2) is 84.9 Å². The van der Waals surface area contributed by atoms with E-state index in [0.717, 1.165) is 17.4 Å². The summed E-state index contributed by atoms with van der Waals surface area (Å²) in [5, 5.41) is 15.3. The average molecular weight is 442 g/mol. The smallest absolute Gasteiger partial charge is 0.335 e. The number of benzene rings is 4. The largest absolute Gasteiger partial charge is 0.489 e. The Labute approximate surface area is 191 Å². The van der Waals surface area contributed by atoms with Gasteiger partial charge in [-0.2, -0.15) is 0 Å². The number of carboxylic acids is 1. The minimum absolute atomic E-state index is 0.0420. The lowest BCUT2D eigenvalue weighted by atomic mass is 9.83. The molecular formula is C28H24FNO3. The number of para-hydroxylation sites is 1. The molecular weight excluding hydrogens is 417 g/mol. The number of carbonyl (C=O) groups is 1. The van der Waals surface area contributed by atoms with Gasteiger partial charge >= 0.3 is 5.97 Å². The van der Waals surface area contributed by atoms with Crippen LogP contribution >= 0.6 is 0 Å². The summed E-state index contributed by atoms with van der Waals surface area (Å²) in [4.78, 5) is 11.5. The Hall–Kier alpha value is -3.70. The van der Waals surface area contributed by atoms with E-state index in [2.05, 4.69) is 35.6 Å². The lowest BCUT2D eigenvalue weighted by molar-refractivity contribution is 0.0696. The maximum absolute atomic E-state index is 14.2. The fourth-order valence-electron chi connectivity index (χ4n) is 4.69. The Morgan fingerprint density at radius 2 is 1.79 bits per heavy atom. The molecule has 0 radical (unpaired) electrons. The molecule has 2 unspecified atom stereocenters. The van der Waals surface area contributed by atoms with E-state index >= 15 is 0 Å². The van der Waals surface area contributed by atoms with E-state index in [4.69, 9.17) is 4.74 Å². The van der Waals surface area contributed by atoms with Crippen LogP contribution in [0.3, 0.4) is 0 Å². The van der Waals surface area contributed by atoms with E-state index in [1.54, 1.807) is 6.07 Å². The van der Waals surface area contributed by atoms with Gasteiger partial charge in [-0.05, 0) is 52.6 Å². The standard InChI is InChI=1S/C28H24FNO3/c29-22-13-20(12-21(14-22)28(31)32)26-15-23(33-27-11-4-3-10-25(26)27)17-30-16-19-8-5-7-18-6-1-2-9-24(18)19/h1-14,23,26,30H,15-17H2,(H,31,32). The number of nitrogens with one attached hydrogen (secondary N) is 1. The SMILES string of the molecule is O=C(O)c1cc(F)cc(C2CC(CNCc3cccc4ccccc34)Oc3ccccc32)c1. The normalized spacial score (nSPS) is 17.4. The second kappa shape index (κ2) is 9.04. The van der Waals surface area contributed by atoms with Gasteiger partial charge in [-0.15, -0.1) is 0 Å². The highest BCUT2D eigenvalue weighted by molar-refractivity contribution is 5.88. The van der Waals surface area contributed by atoms with E-state index in [1.165, 1.54) is 22.4 Å². The van der Waals surface area contributed by atoms with E-state index in [0.29, 0.717) is 25.1 Å². The molecule has 4 nitrogen and oxygen atoms in total. The first-order valence-corrected chi connectivity index (χ1v) is 11.1. The Balaban J connectivity index is 1.36. The number of carboxylic acid groups (broad SMARTS) is 1. The summed E-state index contributed by atoms with van der Waals surface area (Å²) >= 11 is 0. The van der Waals surface area contributed by atoms with Gasteiger partial charge in [-0.1, -0.05) is 60.7 Å². The number of hydrogen-bond donors (Lipinski definition) is 2. The molecule has 1 heterocycles. The zero-order valence-corrected chi connectivity index (χ0v) is 18.0. The monoisotopic (exact) mass is 441 g/mol. The second-order valence-corrected chi connectivity index (χ2v) is 8.41. The van der Waals surface area contributed by atoms with Crippen LogP contribution in [-0.4, -0.2) is 23.7 Å². The molecule has 4 aromatic rings. The number of fused-ring (bicyclic) bond motifs is 2. The maximum atomic E-state index is 14.2. The summed E-state index contributed by atoms with van der Waals surface area (Å²) in [5.74, 6) is -1.07. The molecule has 1 aliphatic heterocycles. The molecule has 0 saturated heterocycles. The number of halogens is 1. The molecule has 5 rings (SSSR count). The van der Waals surface area contributed by atoms with Gasteiger partial charge in [-0.25, -0.2) is 9.18 Å². The lowest BCUT2D eigenvalue weighted by Gasteiger charge is -2.33. The highest BCUT2D eigenvalue weighted by Gasteiger charge is 2.30. The minimum atomic E-state index is -1.13. The van der Waals surface area contributed by atoms with Gasteiger partial charge in [0.05, 0.1) is 5.56 Å². The first kappa shape index (κ1) is 21.2. The predicted octanol–water partition coefficient (Wildman–Crippen LogP) is 5.75. The van der Waals surface area contributed by atoms with Gasteiger partial charge in [-0.3, -0.25) is 0 Å². The van der Waals surface area contributed by atoms with Crippen LogP contribution in [0.4, 0.5) is 4.39 Å². The van der Waals surface area contributed by atoms with Crippen molar-refractivity contribution in [1.82, 2.24) is 5.32 Å². The van der Waals surface area contributed by atoms with Crippen LogP contribution in [-0.2, 0) is 6.54 Å². The molecule has 2 N–H and O–H groups in total. The van der Waals surface area contributed by atoms with Crippen molar-refractivity contribution < 1.29 is 19.0 Å². The highest BCUT2D eigenvalue weighted by Crippen LogP contribution is 2.40. The fraction of sp³-hybridized carbons (Fsp3) is 0.179. The summed E-state index contributed by atoms with van der Waals surface area (Å²) < 4.78 is 20.5. The molecule has 0 aliphatic carbocycles. The van der Waals surface area contributed by atoms with Gasteiger partial charge in [0, 0.05) is 24.6 Å². The third kappa shape index (κ3) is 4.45. The zero-order chi connectivity index (χ0) is 22.8. The van der Waals surface area contributed by atoms with Crippen LogP contribution in [0.25, 0.3) is 10.8 Å². The third-order valence-electron chi connectivity index (χ3n) is 6.22. The van der Waals surface area contributed by atoms with Gasteiger partial charge in [0.15, 0.2) is 0 Å². The van der Waals surface area contributed by atoms with Crippen LogP contribution in [0.1, 0.15) is 39.4 Å². The summed E-state index contributed by atoms with van der Waals surface area (Å²) in [7, 11) is 0. The predicted molar refractivity (Wildman–Crippen MR) is 126 cm³/mol. The quantitative estimate of drug-likeness (QED) is 0.400. The molecule has 0 aromatic heterocycles. The number of aromatic carboxylic acids is 1. The van der Waals surface area contributed by atoms with Gasteiger partial charge in [0.1, 0.15) is 17.7 Å². The van der Waals surface area contributed by atoms with E-state index < -0.39 is 11.8 Å². The molecule has 0 bridgehead atoms. The van der Waals surface area contributed by atoms with Crippen molar-refractivity contribution in [2.45, 2.75) is 25.0 Å². The molecule has 4 aromatic carbocycles. The molecule has 0 fully saturated rings. The first-order chi connectivity index (χ1) is 16.1. The van der Waals surface area contributed by atoms with Crippen molar-refractivity contribution in [3.05, 3.63) is 113 Å². The Bertz CT molecular complexity index is 1310. The molecule has 166 valence electrons. The summed E-state index contributed by atoms with van der Waals surface area (Å²) in [6, 6.07) is 26.4. The van der Waals surface area contributed by atoms with Crippen LogP contribution in [0.5, 0.6) is 5.75 Å². The Morgan fingerprint density at radius 1 is 1.00 bits per heavy atom. The topological polar surface area (TPSA) is 58.6 Å². The van der Waals surface area contributed by atoms with E-state index in [-0.39, 0.29) is 17.6 Å². The zero-order valence-electron chi connectivity index (χ0n) is 18.0. The Kier molecular flexibility index (Phi) is 5.80. The van der Waals surface area contributed by atoms with Crippen LogP contribution in [0, 0.1) is 5.82 Å². The molecule has 33 heavy (non-hydrogen) atoms. The Morgan fingerprint density at radius 3 is 2.67 bits per heavy atom. The van der Waals surface area contributed by atoms with Crippen molar-refractivity contribution in [3.8, 4) is 5.75 Å². The highest BCUT2D eigenvalue weighted by atomic mass is 19.1. The van der Waals surface area contributed by atoms with Crippen LogP contribution < -0.4 is 10.1 Å². The molecule has 0 saturated carbocycles. The minimum Gasteiger partial charge on any atom is -0.489 e. The number of rotatable bonds is 6. The van der Waals surface area contributed by atoms with Crippen molar-refractivity contribution in [3.63, 3.8) is 0 Å². The number of hydrogen-bond acceptors (Lipinski definition) is 3. The van der Waals surface area contributed by atoms with E-state index in [9.17, 15) is 14.3 Å². The molecule has 0 spiro atoms. The second-order valence-electron chi connectivity index (χ2n) is 8.41. The van der Waals surface area contributed by atoms with Crippen molar-refractivity contribution in [2.24, 2.45) is 0 Å². The summed E-state index contributed by atoms with van der Waals surface area (Å²) in [6.07, 6.45) is 0.499. The first-order valence-electron chi connectivity index (χ1n) is 11.1. The summed E-state index contributed by atoms with van der Waals surface area (Å²) in [5.41, 5.74) is 2.78. The summed E-state index contributed by atoms with van der Waals surface area (Å²) in [6.45, 7) is 1.33. The lowest BCUT2D eigenvalue weighted by Crippen LogP contribution is -2.35. The molecule has 2 atom stereocenters. The van der Waals surface area contributed by atoms with Gasteiger partial charge in [0.25, 0.3) is 0 Å². The maximum Gasteiger partial charge on any atom is 0.335 e. The fourth-order valence-corrected chi connectivity index (χ4v) is 4.69. The van der Waals surface area contributed by atoms with E-state index in [1.807, 2.05) is 36.4 Å². The average Bonchev–Trinajstić information content (AvgIpc) is 2.83. The number of ether oxygens (including phenoxy) is 1. The van der Waals surface area contributed by atoms with Gasteiger partial charge < -0.3 is 15.2 Å². The van der Waals surface area contributed by atoms with Crippen molar-refractivity contribution in [1.29, 1.82) is 0 Å². The molecule has 0 amide bonds. The molecule has 5 heteroatoms. The molecule has 1 aliphatic rings.